The summed E-state index contributed by atoms with van der Waals surface area (Å²) in [7, 11) is 0. The summed E-state index contributed by atoms with van der Waals surface area (Å²) in [6.07, 6.45) is 0. The van der Waals surface area contributed by atoms with Gasteiger partial charge in [0.15, 0.2) is 0 Å². The second kappa shape index (κ2) is 16.3. The highest BCUT2D eigenvalue weighted by Crippen LogP contribution is 2.05. The molecule has 1 aromatic rings. The van der Waals surface area contributed by atoms with E-state index in [1.54, 1.807) is 31.2 Å². The van der Waals surface area contributed by atoms with Crippen LogP contribution in [0.4, 0.5) is 0 Å². The maximum Gasteiger partial charge on any atom is 0.251 e. The maximum atomic E-state index is 12.1. The second-order valence-electron chi connectivity index (χ2n) is 6.38. The predicted octanol–water partition coefficient (Wildman–Crippen LogP) is 2.26. The zero-order chi connectivity index (χ0) is 22.0. The van der Waals surface area contributed by atoms with Crippen molar-refractivity contribution in [1.82, 2.24) is 5.32 Å². The number of ether oxygens (including phenoxy) is 4. The molecule has 0 saturated carbocycles. The SMILES string of the molecule is C=C(C)COCCOCCOCCOCCNC(=O)c1ccc(C(=O)C#CC)cc1. The van der Waals surface area contributed by atoms with Crippen molar-refractivity contribution in [3.8, 4) is 11.8 Å². The number of amides is 1. The molecular weight excluding hydrogens is 386 g/mol. The molecule has 0 atom stereocenters. The van der Waals surface area contributed by atoms with Gasteiger partial charge in [-0.25, -0.2) is 0 Å². The summed E-state index contributed by atoms with van der Waals surface area (Å²) in [5, 5.41) is 2.76. The van der Waals surface area contributed by atoms with Crippen LogP contribution in [0.5, 0.6) is 0 Å². The van der Waals surface area contributed by atoms with E-state index in [0.717, 1.165) is 5.57 Å². The third-order valence-corrected chi connectivity index (χ3v) is 3.64. The van der Waals surface area contributed by atoms with E-state index < -0.39 is 0 Å². The first kappa shape index (κ1) is 25.5. The van der Waals surface area contributed by atoms with Gasteiger partial charge in [-0.05, 0) is 44.0 Å². The normalized spacial score (nSPS) is 10.2. The molecule has 0 aliphatic rings. The highest BCUT2D eigenvalue weighted by Gasteiger charge is 2.07. The van der Waals surface area contributed by atoms with Crippen LogP contribution >= 0.6 is 0 Å². The van der Waals surface area contributed by atoms with E-state index in [0.29, 0.717) is 70.5 Å². The molecule has 7 nitrogen and oxygen atoms in total. The first-order chi connectivity index (χ1) is 14.5. The van der Waals surface area contributed by atoms with Crippen molar-refractivity contribution in [3.05, 3.63) is 47.5 Å². The molecule has 30 heavy (non-hydrogen) atoms. The van der Waals surface area contributed by atoms with E-state index in [4.69, 9.17) is 18.9 Å². The minimum Gasteiger partial charge on any atom is -0.377 e. The summed E-state index contributed by atoms with van der Waals surface area (Å²) in [6.45, 7) is 11.5. The van der Waals surface area contributed by atoms with Gasteiger partial charge in [0.05, 0.1) is 52.9 Å². The molecule has 1 N–H and O–H groups in total. The average Bonchev–Trinajstić information content (AvgIpc) is 2.74. The summed E-state index contributed by atoms with van der Waals surface area (Å²) in [4.78, 5) is 23.7. The third-order valence-electron chi connectivity index (χ3n) is 3.64. The van der Waals surface area contributed by atoms with Gasteiger partial charge in [-0.3, -0.25) is 9.59 Å². The Hall–Kier alpha value is -2.50. The molecule has 7 heteroatoms. The number of hydrogen-bond acceptors (Lipinski definition) is 6. The first-order valence-electron chi connectivity index (χ1n) is 9.85. The molecule has 0 unspecified atom stereocenters. The van der Waals surface area contributed by atoms with E-state index in [1.807, 2.05) is 6.92 Å². The van der Waals surface area contributed by atoms with Crippen LogP contribution in [-0.4, -0.2) is 71.1 Å². The van der Waals surface area contributed by atoms with Crippen LogP contribution < -0.4 is 5.32 Å². The quantitative estimate of drug-likeness (QED) is 0.146. The van der Waals surface area contributed by atoms with Crippen molar-refractivity contribution >= 4 is 11.7 Å². The minimum atomic E-state index is -0.265. The molecular formula is C23H31NO6. The molecule has 0 saturated heterocycles. The van der Waals surface area contributed by atoms with Crippen LogP contribution in [0.15, 0.2) is 36.4 Å². The lowest BCUT2D eigenvalue weighted by Gasteiger charge is -2.08. The number of rotatable bonds is 16. The van der Waals surface area contributed by atoms with Crippen LogP contribution in [0, 0.1) is 11.8 Å². The second-order valence-corrected chi connectivity index (χ2v) is 6.38. The summed E-state index contributed by atoms with van der Waals surface area (Å²) >= 11 is 0. The van der Waals surface area contributed by atoms with Crippen LogP contribution in [0.2, 0.25) is 0 Å². The van der Waals surface area contributed by atoms with E-state index in [1.165, 1.54) is 0 Å². The van der Waals surface area contributed by atoms with E-state index >= 15 is 0 Å². The number of benzene rings is 1. The van der Waals surface area contributed by atoms with Crippen molar-refractivity contribution in [3.63, 3.8) is 0 Å². The van der Waals surface area contributed by atoms with E-state index in [9.17, 15) is 9.59 Å². The van der Waals surface area contributed by atoms with Gasteiger partial charge >= 0.3 is 0 Å². The van der Waals surface area contributed by atoms with Crippen molar-refractivity contribution < 1.29 is 28.5 Å². The van der Waals surface area contributed by atoms with Gasteiger partial charge in [-0.15, -0.1) is 0 Å². The maximum absolute atomic E-state index is 12.1. The van der Waals surface area contributed by atoms with Gasteiger partial charge in [0.25, 0.3) is 5.91 Å². The van der Waals surface area contributed by atoms with E-state index in [-0.39, 0.29) is 11.7 Å². The third kappa shape index (κ3) is 12.1. The average molecular weight is 418 g/mol. The smallest absolute Gasteiger partial charge is 0.251 e. The van der Waals surface area contributed by atoms with Crippen molar-refractivity contribution in [2.24, 2.45) is 0 Å². The van der Waals surface area contributed by atoms with Crippen LogP contribution in [-0.2, 0) is 18.9 Å². The standard InChI is InChI=1S/C23H31NO6/c1-4-5-22(25)20-6-8-21(9-7-20)23(26)24-10-11-27-12-13-28-14-15-29-16-17-30-18-19(2)3/h6-9H,2,10-18H2,1,3H3,(H,24,26). The van der Waals surface area contributed by atoms with Gasteiger partial charge in [-0.2, -0.15) is 0 Å². The van der Waals surface area contributed by atoms with Crippen LogP contribution in [0.3, 0.4) is 0 Å². The van der Waals surface area contributed by atoms with Crippen molar-refractivity contribution in [2.45, 2.75) is 13.8 Å². The molecule has 0 aliphatic carbocycles. The predicted molar refractivity (Wildman–Crippen MR) is 115 cm³/mol. The molecule has 0 heterocycles. The van der Waals surface area contributed by atoms with E-state index in [2.05, 4.69) is 23.7 Å². The minimum absolute atomic E-state index is 0.222. The lowest BCUT2D eigenvalue weighted by atomic mass is 10.1. The zero-order valence-corrected chi connectivity index (χ0v) is 17.8. The fourth-order valence-electron chi connectivity index (χ4n) is 2.20. The topological polar surface area (TPSA) is 83.1 Å². The molecule has 0 bridgehead atoms. The monoisotopic (exact) mass is 417 g/mol. The highest BCUT2D eigenvalue weighted by molar-refractivity contribution is 6.09. The molecule has 0 aromatic heterocycles. The molecule has 0 radical (unpaired) electrons. The molecule has 1 amide bonds. The fourth-order valence-corrected chi connectivity index (χ4v) is 2.20. The number of carbonyl (C=O) groups excluding carboxylic acids is 2. The van der Waals surface area contributed by atoms with Gasteiger partial charge in [0.2, 0.25) is 5.78 Å². The molecule has 0 fully saturated rings. The first-order valence-corrected chi connectivity index (χ1v) is 9.85. The zero-order valence-electron chi connectivity index (χ0n) is 17.8. The number of carbonyl (C=O) groups is 2. The van der Waals surface area contributed by atoms with Crippen molar-refractivity contribution in [2.75, 3.05) is 59.4 Å². The molecule has 0 spiro atoms. The number of nitrogens with one attached hydrogen (secondary N) is 1. The Morgan fingerprint density at radius 1 is 0.867 bits per heavy atom. The summed E-state index contributed by atoms with van der Waals surface area (Å²) in [6, 6.07) is 6.38. The Labute approximate surface area is 178 Å². The number of hydrogen-bond donors (Lipinski definition) is 1. The fraction of sp³-hybridized carbons (Fsp3) is 0.478. The Morgan fingerprint density at radius 3 is 1.90 bits per heavy atom. The Balaban J connectivity index is 1.98. The lowest BCUT2D eigenvalue weighted by Crippen LogP contribution is -2.27. The van der Waals surface area contributed by atoms with Gasteiger partial charge in [0.1, 0.15) is 0 Å². The Kier molecular flexibility index (Phi) is 13.9. The highest BCUT2D eigenvalue weighted by atomic mass is 16.6. The van der Waals surface area contributed by atoms with Gasteiger partial charge < -0.3 is 24.3 Å². The van der Waals surface area contributed by atoms with Gasteiger partial charge in [0, 0.05) is 17.7 Å². The number of ketones is 1. The molecule has 0 aliphatic heterocycles. The lowest BCUT2D eigenvalue weighted by molar-refractivity contribution is 0.000844. The summed E-state index contributed by atoms with van der Waals surface area (Å²) in [5.74, 6) is 4.54. The largest absolute Gasteiger partial charge is 0.377 e. The molecule has 1 aromatic carbocycles. The van der Waals surface area contributed by atoms with Gasteiger partial charge in [-0.1, -0.05) is 18.1 Å². The Bertz CT molecular complexity index is 717. The summed E-state index contributed by atoms with van der Waals surface area (Å²) in [5.41, 5.74) is 1.93. The van der Waals surface area contributed by atoms with Crippen LogP contribution in [0.1, 0.15) is 34.6 Å². The van der Waals surface area contributed by atoms with Crippen molar-refractivity contribution in [1.29, 1.82) is 0 Å². The Morgan fingerprint density at radius 2 is 1.37 bits per heavy atom. The summed E-state index contributed by atoms with van der Waals surface area (Å²) < 4.78 is 21.5. The van der Waals surface area contributed by atoms with Crippen LogP contribution in [0.25, 0.3) is 0 Å². The molecule has 1 rings (SSSR count). The number of Topliss-reactive ketones (excluding diaryl/α,β-unsaturated/α-hetero) is 1. The molecule has 164 valence electrons.